The lowest BCUT2D eigenvalue weighted by Gasteiger charge is -2.21. The minimum atomic E-state index is -1.63. The predicted molar refractivity (Wildman–Crippen MR) is 101 cm³/mol. The normalized spacial score (nSPS) is 12.3. The maximum absolute atomic E-state index is 6.04. The third-order valence-corrected chi connectivity index (χ3v) is 4.84. The van der Waals surface area contributed by atoms with Gasteiger partial charge in [0.25, 0.3) is 0 Å². The van der Waals surface area contributed by atoms with Crippen LogP contribution in [0.5, 0.6) is 11.5 Å². The van der Waals surface area contributed by atoms with Gasteiger partial charge in [0.2, 0.25) is 8.32 Å². The molecule has 0 amide bonds. The predicted octanol–water partition coefficient (Wildman–Crippen LogP) is 4.32. The third kappa shape index (κ3) is 9.15. The molecule has 0 aliphatic carbocycles. The first-order valence-electron chi connectivity index (χ1n) is 8.18. The maximum atomic E-state index is 6.04. The van der Waals surface area contributed by atoms with Crippen molar-refractivity contribution in [1.82, 2.24) is 0 Å². The maximum Gasteiger partial charge on any atom is 0.242 e. The molecule has 0 unspecified atom stereocenters. The van der Waals surface area contributed by atoms with Gasteiger partial charge in [-0.1, -0.05) is 6.07 Å². The quantitative estimate of drug-likeness (QED) is 0.462. The van der Waals surface area contributed by atoms with E-state index in [1.54, 1.807) is 7.11 Å². The van der Waals surface area contributed by atoms with Crippen molar-refractivity contribution >= 4 is 16.6 Å². The highest BCUT2D eigenvalue weighted by Gasteiger charge is 2.18. The zero-order valence-corrected chi connectivity index (χ0v) is 17.7. The molecule has 23 heavy (non-hydrogen) atoms. The van der Waals surface area contributed by atoms with Gasteiger partial charge in [0.15, 0.2) is 14.1 Å². The van der Waals surface area contributed by atoms with Gasteiger partial charge in [-0.2, -0.15) is 0 Å². The molecule has 0 atom stereocenters. The van der Waals surface area contributed by atoms with Crippen LogP contribution in [0.1, 0.15) is 5.56 Å². The first-order chi connectivity index (χ1) is 10.6. The number of hydrogen-bond acceptors (Lipinski definition) is 4. The van der Waals surface area contributed by atoms with Crippen molar-refractivity contribution in [1.29, 1.82) is 0 Å². The van der Waals surface area contributed by atoms with E-state index in [1.165, 1.54) is 5.56 Å². The minimum Gasteiger partial charge on any atom is -0.542 e. The summed E-state index contributed by atoms with van der Waals surface area (Å²) < 4.78 is 22.9. The van der Waals surface area contributed by atoms with E-state index in [0.29, 0.717) is 19.8 Å². The van der Waals surface area contributed by atoms with Gasteiger partial charge in [0.1, 0.15) is 5.75 Å². The van der Waals surface area contributed by atoms with Gasteiger partial charge in [0, 0.05) is 0 Å². The van der Waals surface area contributed by atoms with Crippen LogP contribution in [-0.2, 0) is 15.6 Å². The Labute approximate surface area is 143 Å². The standard InChI is InChI=1S/C17H32O4Si2/c1-18-17-14-15(8-9-16(17)21-23(5,6)7)10-11-19-12-13-20-22(2,3)4/h8-9,14H,10-13H2,1-7H3. The molecule has 0 heterocycles. The van der Waals surface area contributed by atoms with Crippen molar-refractivity contribution in [2.45, 2.75) is 45.7 Å². The summed E-state index contributed by atoms with van der Waals surface area (Å²) in [6, 6.07) is 6.12. The van der Waals surface area contributed by atoms with Crippen molar-refractivity contribution in [3.05, 3.63) is 23.8 Å². The largest absolute Gasteiger partial charge is 0.542 e. The van der Waals surface area contributed by atoms with E-state index in [-0.39, 0.29) is 0 Å². The highest BCUT2D eigenvalue weighted by Crippen LogP contribution is 2.30. The first kappa shape index (κ1) is 20.2. The topological polar surface area (TPSA) is 36.9 Å². The van der Waals surface area contributed by atoms with Gasteiger partial charge in [-0.05, 0) is 63.4 Å². The highest BCUT2D eigenvalue weighted by atomic mass is 28.4. The molecule has 0 fully saturated rings. The Hall–Kier alpha value is -0.826. The lowest BCUT2D eigenvalue weighted by Crippen LogP contribution is -2.29. The van der Waals surface area contributed by atoms with Crippen LogP contribution < -0.4 is 9.16 Å². The second-order valence-electron chi connectivity index (χ2n) is 7.52. The third-order valence-electron chi connectivity index (χ3n) is 2.94. The van der Waals surface area contributed by atoms with E-state index >= 15 is 0 Å². The Balaban J connectivity index is 2.43. The van der Waals surface area contributed by atoms with Crippen molar-refractivity contribution in [3.8, 4) is 11.5 Å². The van der Waals surface area contributed by atoms with Crippen LogP contribution in [0.25, 0.3) is 0 Å². The van der Waals surface area contributed by atoms with Crippen molar-refractivity contribution in [2.75, 3.05) is 26.9 Å². The first-order valence-corrected chi connectivity index (χ1v) is 15.0. The molecule has 0 spiro atoms. The van der Waals surface area contributed by atoms with Crippen LogP contribution in [0, 0.1) is 0 Å². The van der Waals surface area contributed by atoms with E-state index in [9.17, 15) is 0 Å². The van der Waals surface area contributed by atoms with Gasteiger partial charge in [-0.25, -0.2) is 0 Å². The molecular weight excluding hydrogens is 324 g/mol. The summed E-state index contributed by atoms with van der Waals surface area (Å²) in [5.41, 5.74) is 1.19. The van der Waals surface area contributed by atoms with Crippen LogP contribution in [-0.4, -0.2) is 43.6 Å². The molecule has 1 rings (SSSR count). The van der Waals surface area contributed by atoms with Crippen LogP contribution >= 0.6 is 0 Å². The van der Waals surface area contributed by atoms with Crippen molar-refractivity contribution < 1.29 is 18.3 Å². The summed E-state index contributed by atoms with van der Waals surface area (Å²) in [6.45, 7) is 15.1. The average molecular weight is 357 g/mol. The minimum absolute atomic E-state index is 0.651. The molecule has 1 aromatic carbocycles. The number of ether oxygens (including phenoxy) is 2. The van der Waals surface area contributed by atoms with E-state index in [4.69, 9.17) is 18.3 Å². The Morgan fingerprint density at radius 2 is 1.52 bits per heavy atom. The molecule has 0 N–H and O–H groups in total. The van der Waals surface area contributed by atoms with Crippen LogP contribution in [0.3, 0.4) is 0 Å². The zero-order valence-electron chi connectivity index (χ0n) is 15.7. The van der Waals surface area contributed by atoms with Crippen LogP contribution in [0.2, 0.25) is 39.3 Å². The summed E-state index contributed by atoms with van der Waals surface area (Å²) in [7, 11) is -1.38. The number of benzene rings is 1. The Kier molecular flexibility index (Phi) is 7.80. The van der Waals surface area contributed by atoms with Crippen molar-refractivity contribution in [2.24, 2.45) is 0 Å². The molecule has 6 heteroatoms. The average Bonchev–Trinajstić information content (AvgIpc) is 2.41. The molecule has 4 nitrogen and oxygen atoms in total. The highest BCUT2D eigenvalue weighted by molar-refractivity contribution is 6.70. The summed E-state index contributed by atoms with van der Waals surface area (Å²) in [5.74, 6) is 1.63. The molecule has 132 valence electrons. The van der Waals surface area contributed by atoms with Gasteiger partial charge in [-0.15, -0.1) is 0 Å². The molecule has 0 bridgehead atoms. The molecular formula is C17H32O4Si2. The van der Waals surface area contributed by atoms with Crippen LogP contribution in [0.15, 0.2) is 18.2 Å². The summed E-state index contributed by atoms with van der Waals surface area (Å²) in [4.78, 5) is 0. The van der Waals surface area contributed by atoms with E-state index in [0.717, 1.165) is 17.9 Å². The summed E-state index contributed by atoms with van der Waals surface area (Å²) in [5, 5.41) is 0. The Morgan fingerprint density at radius 1 is 0.826 bits per heavy atom. The molecule has 0 radical (unpaired) electrons. The van der Waals surface area contributed by atoms with Gasteiger partial charge >= 0.3 is 0 Å². The SMILES string of the molecule is COc1cc(CCOCCO[Si](C)(C)C)ccc1O[Si](C)(C)C. The Morgan fingerprint density at radius 3 is 2.09 bits per heavy atom. The van der Waals surface area contributed by atoms with E-state index < -0.39 is 16.6 Å². The van der Waals surface area contributed by atoms with E-state index in [1.807, 2.05) is 12.1 Å². The van der Waals surface area contributed by atoms with Crippen molar-refractivity contribution in [3.63, 3.8) is 0 Å². The number of methoxy groups -OCH3 is 1. The second kappa shape index (κ2) is 8.87. The molecule has 1 aromatic rings. The lowest BCUT2D eigenvalue weighted by atomic mass is 10.1. The summed E-state index contributed by atoms with van der Waals surface area (Å²) >= 11 is 0. The molecule has 0 saturated heterocycles. The van der Waals surface area contributed by atoms with Gasteiger partial charge in [0.05, 0.1) is 26.9 Å². The fourth-order valence-electron chi connectivity index (χ4n) is 1.98. The number of rotatable bonds is 10. The monoisotopic (exact) mass is 356 g/mol. The number of hydrogen-bond donors (Lipinski definition) is 0. The smallest absolute Gasteiger partial charge is 0.242 e. The molecule has 0 saturated carbocycles. The Bertz CT molecular complexity index is 478. The molecule has 0 aliphatic rings. The second-order valence-corrected chi connectivity index (χ2v) is 16.5. The summed E-state index contributed by atoms with van der Waals surface area (Å²) in [6.07, 6.45) is 0.858. The zero-order chi connectivity index (χ0) is 17.5. The molecule has 0 aromatic heterocycles. The fourth-order valence-corrected chi connectivity index (χ4v) is 3.50. The van der Waals surface area contributed by atoms with Gasteiger partial charge < -0.3 is 18.3 Å². The van der Waals surface area contributed by atoms with Gasteiger partial charge in [-0.3, -0.25) is 0 Å². The van der Waals surface area contributed by atoms with Crippen LogP contribution in [0.4, 0.5) is 0 Å². The fraction of sp³-hybridized carbons (Fsp3) is 0.647. The van der Waals surface area contributed by atoms with E-state index in [2.05, 4.69) is 45.3 Å². The lowest BCUT2D eigenvalue weighted by molar-refractivity contribution is 0.100. The molecule has 0 aliphatic heterocycles.